The van der Waals surface area contributed by atoms with E-state index in [9.17, 15) is 9.18 Å². The van der Waals surface area contributed by atoms with Gasteiger partial charge in [-0.25, -0.2) is 9.37 Å². The van der Waals surface area contributed by atoms with Crippen LogP contribution in [0.25, 0.3) is 0 Å². The number of hydrogen-bond donors (Lipinski definition) is 0. The summed E-state index contributed by atoms with van der Waals surface area (Å²) in [6, 6.07) is 6.28. The SMILES string of the molecule is COc1cc(C)cc(C)c1C(=O)c1ncccc1F. The van der Waals surface area contributed by atoms with Crippen LogP contribution in [0.2, 0.25) is 0 Å². The van der Waals surface area contributed by atoms with Gasteiger partial charge in [0, 0.05) is 6.20 Å². The van der Waals surface area contributed by atoms with E-state index in [-0.39, 0.29) is 5.69 Å². The number of ketones is 1. The van der Waals surface area contributed by atoms with Crippen LogP contribution in [0.4, 0.5) is 4.39 Å². The summed E-state index contributed by atoms with van der Waals surface area (Å²) in [6.45, 7) is 3.70. The van der Waals surface area contributed by atoms with E-state index in [2.05, 4.69) is 4.98 Å². The number of aryl methyl sites for hydroxylation is 2. The van der Waals surface area contributed by atoms with Crippen molar-refractivity contribution in [1.82, 2.24) is 4.98 Å². The molecule has 0 amide bonds. The molecule has 1 aromatic carbocycles. The molecule has 0 radical (unpaired) electrons. The van der Waals surface area contributed by atoms with Crippen LogP contribution in [0.3, 0.4) is 0 Å². The molecule has 0 atom stereocenters. The Balaban J connectivity index is 2.59. The maximum absolute atomic E-state index is 13.6. The minimum atomic E-state index is -0.630. The van der Waals surface area contributed by atoms with Crippen LogP contribution < -0.4 is 4.74 Å². The quantitative estimate of drug-likeness (QED) is 0.795. The van der Waals surface area contributed by atoms with E-state index in [4.69, 9.17) is 4.74 Å². The van der Waals surface area contributed by atoms with Crippen LogP contribution in [-0.2, 0) is 0 Å². The number of aromatic nitrogens is 1. The lowest BCUT2D eigenvalue weighted by molar-refractivity contribution is 0.102. The Bertz CT molecular complexity index is 638. The summed E-state index contributed by atoms with van der Waals surface area (Å²) >= 11 is 0. The first-order chi connectivity index (χ1) is 9.04. The third kappa shape index (κ3) is 2.47. The van der Waals surface area contributed by atoms with Crippen molar-refractivity contribution >= 4 is 5.78 Å². The second-order valence-electron chi connectivity index (χ2n) is 4.32. The fourth-order valence-electron chi connectivity index (χ4n) is 2.05. The van der Waals surface area contributed by atoms with Crippen LogP contribution in [0.1, 0.15) is 27.2 Å². The summed E-state index contributed by atoms with van der Waals surface area (Å²) in [4.78, 5) is 16.2. The molecule has 0 unspecified atom stereocenters. The molecule has 0 saturated heterocycles. The van der Waals surface area contributed by atoms with Crippen molar-refractivity contribution in [3.8, 4) is 5.75 Å². The summed E-state index contributed by atoms with van der Waals surface area (Å²) in [5.74, 6) is -0.658. The van der Waals surface area contributed by atoms with Gasteiger partial charge in [-0.2, -0.15) is 0 Å². The number of ether oxygens (including phenoxy) is 1. The lowest BCUT2D eigenvalue weighted by Gasteiger charge is -2.12. The first-order valence-electron chi connectivity index (χ1n) is 5.85. The highest BCUT2D eigenvalue weighted by atomic mass is 19.1. The van der Waals surface area contributed by atoms with E-state index >= 15 is 0 Å². The molecule has 0 fully saturated rings. The smallest absolute Gasteiger partial charge is 0.218 e. The summed E-state index contributed by atoms with van der Waals surface area (Å²) < 4.78 is 18.9. The van der Waals surface area contributed by atoms with Gasteiger partial charge in [0.25, 0.3) is 0 Å². The predicted octanol–water partition coefficient (Wildman–Crippen LogP) is 3.08. The minimum absolute atomic E-state index is 0.187. The van der Waals surface area contributed by atoms with Crippen molar-refractivity contribution in [2.24, 2.45) is 0 Å². The molecule has 1 aromatic heterocycles. The summed E-state index contributed by atoms with van der Waals surface area (Å²) in [7, 11) is 1.49. The van der Waals surface area contributed by atoms with Gasteiger partial charge >= 0.3 is 0 Å². The fourth-order valence-corrected chi connectivity index (χ4v) is 2.05. The van der Waals surface area contributed by atoms with Crippen molar-refractivity contribution in [3.05, 3.63) is 58.7 Å². The predicted molar refractivity (Wildman–Crippen MR) is 70.1 cm³/mol. The van der Waals surface area contributed by atoms with E-state index in [0.717, 1.165) is 11.1 Å². The van der Waals surface area contributed by atoms with Crippen molar-refractivity contribution in [2.75, 3.05) is 7.11 Å². The van der Waals surface area contributed by atoms with Gasteiger partial charge in [0.1, 0.15) is 11.4 Å². The third-order valence-electron chi connectivity index (χ3n) is 2.86. The normalized spacial score (nSPS) is 10.3. The second kappa shape index (κ2) is 5.18. The van der Waals surface area contributed by atoms with Gasteiger partial charge < -0.3 is 4.74 Å². The molecule has 4 heteroatoms. The van der Waals surface area contributed by atoms with Gasteiger partial charge in [0.05, 0.1) is 12.7 Å². The first-order valence-corrected chi connectivity index (χ1v) is 5.85. The molecule has 0 spiro atoms. The highest BCUT2D eigenvalue weighted by Crippen LogP contribution is 2.26. The number of pyridine rings is 1. The Kier molecular flexibility index (Phi) is 3.60. The van der Waals surface area contributed by atoms with Crippen molar-refractivity contribution in [2.45, 2.75) is 13.8 Å². The van der Waals surface area contributed by atoms with Crippen molar-refractivity contribution in [3.63, 3.8) is 0 Å². The zero-order valence-electron chi connectivity index (χ0n) is 11.0. The molecule has 98 valence electrons. The van der Waals surface area contributed by atoms with E-state index in [1.54, 1.807) is 13.0 Å². The molecular weight excluding hydrogens is 245 g/mol. The van der Waals surface area contributed by atoms with E-state index < -0.39 is 11.6 Å². The highest BCUT2D eigenvalue weighted by Gasteiger charge is 2.21. The maximum Gasteiger partial charge on any atom is 0.218 e. The van der Waals surface area contributed by atoms with Crippen LogP contribution in [0.5, 0.6) is 5.75 Å². The lowest BCUT2D eigenvalue weighted by atomic mass is 9.98. The monoisotopic (exact) mass is 259 g/mol. The van der Waals surface area contributed by atoms with Crippen LogP contribution >= 0.6 is 0 Å². The number of benzene rings is 1. The Morgan fingerprint density at radius 2 is 2.05 bits per heavy atom. The molecule has 0 saturated carbocycles. The van der Waals surface area contributed by atoms with E-state index in [0.29, 0.717) is 11.3 Å². The van der Waals surface area contributed by atoms with Gasteiger partial charge in [-0.1, -0.05) is 6.07 Å². The first kappa shape index (κ1) is 13.2. The fraction of sp³-hybridized carbons (Fsp3) is 0.200. The molecule has 0 N–H and O–H groups in total. The number of carbonyl (C=O) groups excluding carboxylic acids is 1. The Morgan fingerprint density at radius 3 is 2.68 bits per heavy atom. The number of rotatable bonds is 3. The maximum atomic E-state index is 13.6. The van der Waals surface area contributed by atoms with Crippen LogP contribution in [0, 0.1) is 19.7 Å². The van der Waals surface area contributed by atoms with Gasteiger partial charge in [-0.3, -0.25) is 4.79 Å². The number of methoxy groups -OCH3 is 1. The average molecular weight is 259 g/mol. The van der Waals surface area contributed by atoms with Gasteiger partial charge in [-0.05, 0) is 43.2 Å². The van der Waals surface area contributed by atoms with Crippen molar-refractivity contribution < 1.29 is 13.9 Å². The number of hydrogen-bond acceptors (Lipinski definition) is 3. The summed E-state index contributed by atoms with van der Waals surface area (Å²) in [5.41, 5.74) is 1.89. The molecule has 1 heterocycles. The Morgan fingerprint density at radius 1 is 1.32 bits per heavy atom. The highest BCUT2D eigenvalue weighted by molar-refractivity contribution is 6.10. The third-order valence-corrected chi connectivity index (χ3v) is 2.86. The molecule has 3 nitrogen and oxygen atoms in total. The number of halogens is 1. The van der Waals surface area contributed by atoms with E-state index in [1.165, 1.54) is 25.4 Å². The molecule has 0 aliphatic heterocycles. The number of carbonyl (C=O) groups is 1. The largest absolute Gasteiger partial charge is 0.496 e. The van der Waals surface area contributed by atoms with Gasteiger partial charge in [0.15, 0.2) is 5.82 Å². The van der Waals surface area contributed by atoms with Gasteiger partial charge in [-0.15, -0.1) is 0 Å². The second-order valence-corrected chi connectivity index (χ2v) is 4.32. The molecule has 0 bridgehead atoms. The minimum Gasteiger partial charge on any atom is -0.496 e. The molecule has 2 rings (SSSR count). The van der Waals surface area contributed by atoms with Crippen molar-refractivity contribution in [1.29, 1.82) is 0 Å². The molecule has 0 aliphatic carbocycles. The van der Waals surface area contributed by atoms with Crippen LogP contribution in [-0.4, -0.2) is 17.9 Å². The summed E-state index contributed by atoms with van der Waals surface area (Å²) in [6.07, 6.45) is 1.40. The number of nitrogens with zero attached hydrogens (tertiary/aromatic N) is 1. The molecule has 19 heavy (non-hydrogen) atoms. The average Bonchev–Trinajstić information content (AvgIpc) is 2.37. The molecular formula is C15H14FNO2. The zero-order chi connectivity index (χ0) is 14.0. The lowest BCUT2D eigenvalue weighted by Crippen LogP contribution is -2.10. The zero-order valence-corrected chi connectivity index (χ0v) is 11.0. The Hall–Kier alpha value is -2.23. The molecule has 2 aromatic rings. The summed E-state index contributed by atoms with van der Waals surface area (Å²) in [5, 5.41) is 0. The van der Waals surface area contributed by atoms with E-state index in [1.807, 2.05) is 13.0 Å². The Labute approximate surface area is 111 Å². The topological polar surface area (TPSA) is 39.2 Å². The molecule has 0 aliphatic rings. The van der Waals surface area contributed by atoms with Crippen LogP contribution in [0.15, 0.2) is 30.5 Å². The standard InChI is InChI=1S/C15H14FNO2/c1-9-7-10(2)13(12(8-9)19-3)15(18)14-11(16)5-4-6-17-14/h4-8H,1-3H3. The van der Waals surface area contributed by atoms with Gasteiger partial charge in [0.2, 0.25) is 5.78 Å².